The first-order valence-corrected chi connectivity index (χ1v) is 6.57. The maximum atomic E-state index is 11.5. The first-order chi connectivity index (χ1) is 9.36. The van der Waals surface area contributed by atoms with Gasteiger partial charge < -0.3 is 14.2 Å². The molecule has 0 saturated carbocycles. The van der Waals surface area contributed by atoms with Crippen LogP contribution in [-0.2, 0) is 23.8 Å². The molecule has 2 atom stereocenters. The zero-order valence-corrected chi connectivity index (χ0v) is 12.5. The molecule has 0 aromatic heterocycles. The smallest absolute Gasteiger partial charge is 0.333 e. The van der Waals surface area contributed by atoms with Gasteiger partial charge >= 0.3 is 11.9 Å². The summed E-state index contributed by atoms with van der Waals surface area (Å²) in [5.41, 5.74) is 0.580. The van der Waals surface area contributed by atoms with Crippen molar-refractivity contribution in [3.05, 3.63) is 23.8 Å². The standard InChI is InChI=1S/C15H22O5/c1-6-15(9-20-13(16)10(2)3)8-19-12(15)7-11(4)14(17)18-5/h7,12H,2,6,8-9H2,1,3-5H3/b11-7+. The predicted molar refractivity (Wildman–Crippen MR) is 74.0 cm³/mol. The highest BCUT2D eigenvalue weighted by Crippen LogP contribution is 2.40. The molecule has 0 amide bonds. The summed E-state index contributed by atoms with van der Waals surface area (Å²) in [5.74, 6) is -0.790. The summed E-state index contributed by atoms with van der Waals surface area (Å²) >= 11 is 0. The number of methoxy groups -OCH3 is 1. The molecule has 1 fully saturated rings. The van der Waals surface area contributed by atoms with Crippen molar-refractivity contribution in [1.82, 2.24) is 0 Å². The minimum atomic E-state index is -0.405. The zero-order valence-electron chi connectivity index (χ0n) is 12.5. The average molecular weight is 282 g/mol. The SMILES string of the molecule is C=C(C)C(=O)OCC1(CC)COC1/C=C(\C)C(=O)OC. The summed E-state index contributed by atoms with van der Waals surface area (Å²) in [6.45, 7) is 9.59. The molecule has 1 rings (SSSR count). The molecular weight excluding hydrogens is 260 g/mol. The van der Waals surface area contributed by atoms with Gasteiger partial charge in [0.1, 0.15) is 6.61 Å². The van der Waals surface area contributed by atoms with E-state index in [1.165, 1.54) is 7.11 Å². The van der Waals surface area contributed by atoms with Crippen molar-refractivity contribution in [2.75, 3.05) is 20.3 Å². The molecule has 5 heteroatoms. The van der Waals surface area contributed by atoms with Gasteiger partial charge in [0.15, 0.2) is 0 Å². The second kappa shape index (κ2) is 6.70. The second-order valence-electron chi connectivity index (χ2n) is 5.15. The van der Waals surface area contributed by atoms with Gasteiger partial charge in [-0.15, -0.1) is 0 Å². The molecular formula is C15H22O5. The van der Waals surface area contributed by atoms with E-state index < -0.39 is 5.97 Å². The molecule has 0 spiro atoms. The molecule has 0 N–H and O–H groups in total. The van der Waals surface area contributed by atoms with Crippen LogP contribution in [0.2, 0.25) is 0 Å². The Kier molecular flexibility index (Phi) is 5.51. The molecule has 1 saturated heterocycles. The molecule has 1 aliphatic rings. The van der Waals surface area contributed by atoms with Crippen molar-refractivity contribution in [1.29, 1.82) is 0 Å². The minimum Gasteiger partial charge on any atom is -0.466 e. The van der Waals surface area contributed by atoms with Crippen LogP contribution in [0, 0.1) is 5.41 Å². The van der Waals surface area contributed by atoms with Crippen LogP contribution in [0.15, 0.2) is 23.8 Å². The zero-order chi connectivity index (χ0) is 15.3. The Bertz CT molecular complexity index is 434. The van der Waals surface area contributed by atoms with Crippen LogP contribution >= 0.6 is 0 Å². The summed E-state index contributed by atoms with van der Waals surface area (Å²) in [5, 5.41) is 0. The fourth-order valence-corrected chi connectivity index (χ4v) is 1.96. The van der Waals surface area contributed by atoms with Crippen molar-refractivity contribution in [3.63, 3.8) is 0 Å². The Morgan fingerprint density at radius 3 is 2.45 bits per heavy atom. The number of hydrogen-bond acceptors (Lipinski definition) is 5. The van der Waals surface area contributed by atoms with Crippen LogP contribution in [0.25, 0.3) is 0 Å². The summed E-state index contributed by atoms with van der Waals surface area (Å²) in [6.07, 6.45) is 2.27. The summed E-state index contributed by atoms with van der Waals surface area (Å²) in [4.78, 5) is 22.9. The third kappa shape index (κ3) is 3.48. The number of ether oxygens (including phenoxy) is 3. The average Bonchev–Trinajstić information content (AvgIpc) is 2.42. The molecule has 1 heterocycles. The molecule has 2 unspecified atom stereocenters. The van der Waals surface area contributed by atoms with Crippen molar-refractivity contribution in [2.45, 2.75) is 33.3 Å². The van der Waals surface area contributed by atoms with Crippen molar-refractivity contribution < 1.29 is 23.8 Å². The maximum Gasteiger partial charge on any atom is 0.333 e. The van der Waals surface area contributed by atoms with Crippen LogP contribution in [0.3, 0.4) is 0 Å². The number of hydrogen-bond donors (Lipinski definition) is 0. The Morgan fingerprint density at radius 1 is 1.40 bits per heavy atom. The monoisotopic (exact) mass is 282 g/mol. The predicted octanol–water partition coefficient (Wildman–Crippen LogP) is 2.02. The molecule has 5 nitrogen and oxygen atoms in total. The first-order valence-electron chi connectivity index (χ1n) is 6.57. The molecule has 20 heavy (non-hydrogen) atoms. The highest BCUT2D eigenvalue weighted by atomic mass is 16.6. The minimum absolute atomic E-state index is 0.246. The van der Waals surface area contributed by atoms with Gasteiger partial charge in [-0.2, -0.15) is 0 Å². The van der Waals surface area contributed by atoms with Crippen LogP contribution in [0.5, 0.6) is 0 Å². The highest BCUT2D eigenvalue weighted by Gasteiger charge is 2.47. The Hall–Kier alpha value is -1.62. The van der Waals surface area contributed by atoms with Crippen LogP contribution < -0.4 is 0 Å². The third-order valence-corrected chi connectivity index (χ3v) is 3.61. The number of carbonyl (C=O) groups is 2. The van der Waals surface area contributed by atoms with Crippen LogP contribution in [0.1, 0.15) is 27.2 Å². The van der Waals surface area contributed by atoms with Crippen molar-refractivity contribution in [2.24, 2.45) is 5.41 Å². The Balaban J connectivity index is 2.72. The van der Waals surface area contributed by atoms with Gasteiger partial charge in [0, 0.05) is 11.1 Å². The van der Waals surface area contributed by atoms with Crippen LogP contribution in [-0.4, -0.2) is 38.4 Å². The van der Waals surface area contributed by atoms with E-state index in [9.17, 15) is 9.59 Å². The lowest BCUT2D eigenvalue weighted by atomic mass is 9.76. The summed E-state index contributed by atoms with van der Waals surface area (Å²) in [6, 6.07) is 0. The highest BCUT2D eigenvalue weighted by molar-refractivity contribution is 5.88. The van der Waals surface area contributed by atoms with Crippen LogP contribution in [0.4, 0.5) is 0 Å². The topological polar surface area (TPSA) is 61.8 Å². The second-order valence-corrected chi connectivity index (χ2v) is 5.15. The number of carbonyl (C=O) groups excluding carboxylic acids is 2. The van der Waals surface area contributed by atoms with Gasteiger partial charge in [0.25, 0.3) is 0 Å². The van der Waals surface area contributed by atoms with E-state index in [1.54, 1.807) is 19.9 Å². The number of rotatable bonds is 6. The molecule has 1 aliphatic heterocycles. The van der Waals surface area contributed by atoms with E-state index in [-0.39, 0.29) is 24.1 Å². The van der Waals surface area contributed by atoms with E-state index in [0.29, 0.717) is 17.8 Å². The summed E-state index contributed by atoms with van der Waals surface area (Å²) < 4.78 is 15.4. The van der Waals surface area contributed by atoms with E-state index in [0.717, 1.165) is 6.42 Å². The Morgan fingerprint density at radius 2 is 2.05 bits per heavy atom. The molecule has 0 radical (unpaired) electrons. The molecule has 0 bridgehead atoms. The van der Waals surface area contributed by atoms with Crippen molar-refractivity contribution >= 4 is 11.9 Å². The largest absolute Gasteiger partial charge is 0.466 e. The van der Waals surface area contributed by atoms with Gasteiger partial charge in [0.05, 0.1) is 25.2 Å². The van der Waals surface area contributed by atoms with Gasteiger partial charge in [-0.1, -0.05) is 13.5 Å². The molecule has 112 valence electrons. The van der Waals surface area contributed by atoms with E-state index in [2.05, 4.69) is 11.3 Å². The third-order valence-electron chi connectivity index (χ3n) is 3.61. The molecule has 0 aromatic rings. The van der Waals surface area contributed by atoms with Crippen molar-refractivity contribution in [3.8, 4) is 0 Å². The lowest BCUT2D eigenvalue weighted by Crippen LogP contribution is -2.54. The fourth-order valence-electron chi connectivity index (χ4n) is 1.96. The van der Waals surface area contributed by atoms with Gasteiger partial charge in [0.2, 0.25) is 0 Å². The number of esters is 2. The van der Waals surface area contributed by atoms with Gasteiger partial charge in [-0.3, -0.25) is 0 Å². The van der Waals surface area contributed by atoms with E-state index in [4.69, 9.17) is 9.47 Å². The first kappa shape index (κ1) is 16.4. The lowest BCUT2D eigenvalue weighted by molar-refractivity contribution is -0.194. The molecule has 0 aliphatic carbocycles. The van der Waals surface area contributed by atoms with Gasteiger partial charge in [-0.25, -0.2) is 9.59 Å². The maximum absolute atomic E-state index is 11.5. The Labute approximate surface area is 119 Å². The lowest BCUT2D eigenvalue weighted by Gasteiger charge is -2.47. The summed E-state index contributed by atoms with van der Waals surface area (Å²) in [7, 11) is 1.34. The van der Waals surface area contributed by atoms with E-state index in [1.807, 2.05) is 6.92 Å². The van der Waals surface area contributed by atoms with E-state index >= 15 is 0 Å². The van der Waals surface area contributed by atoms with Gasteiger partial charge in [-0.05, 0) is 26.3 Å². The molecule has 0 aromatic carbocycles. The quantitative estimate of drug-likeness (QED) is 0.551. The normalized spacial score (nSPS) is 25.6. The fraction of sp³-hybridized carbons (Fsp3) is 0.600.